The minimum atomic E-state index is -0.481. The normalized spacial score (nSPS) is 10.5. The molecule has 0 saturated carbocycles. The van der Waals surface area contributed by atoms with Crippen molar-refractivity contribution in [2.75, 3.05) is 5.32 Å². The number of aryl methyl sites for hydroxylation is 1. The lowest BCUT2D eigenvalue weighted by molar-refractivity contribution is -0.384. The van der Waals surface area contributed by atoms with Crippen LogP contribution in [0.5, 0.6) is 0 Å². The molecule has 8 nitrogen and oxygen atoms in total. The van der Waals surface area contributed by atoms with Gasteiger partial charge in [-0.2, -0.15) is 5.10 Å². The highest BCUT2D eigenvalue weighted by molar-refractivity contribution is 7.13. The number of hydrogen-bond acceptors (Lipinski definition) is 6. The standard InChI is InChI=1S/C14H11N5O3S/c1-9-8-23-14(15-9)16-13(20)12-5-6-18(17-12)10-3-2-4-11(7-10)19(21)22/h2-8H,1H3,(H,15,16,20). The average Bonchev–Trinajstić information content (AvgIpc) is 3.16. The summed E-state index contributed by atoms with van der Waals surface area (Å²) >= 11 is 1.33. The molecular formula is C14H11N5O3S. The van der Waals surface area contributed by atoms with Crippen molar-refractivity contribution in [1.29, 1.82) is 0 Å². The number of nitrogens with one attached hydrogen (secondary N) is 1. The Morgan fingerprint density at radius 2 is 2.22 bits per heavy atom. The Morgan fingerprint density at radius 3 is 2.91 bits per heavy atom. The molecule has 23 heavy (non-hydrogen) atoms. The first-order valence-electron chi connectivity index (χ1n) is 6.57. The van der Waals surface area contributed by atoms with Crippen molar-refractivity contribution in [3.63, 3.8) is 0 Å². The summed E-state index contributed by atoms with van der Waals surface area (Å²) in [6.45, 7) is 1.84. The van der Waals surface area contributed by atoms with Crippen LogP contribution >= 0.6 is 11.3 Å². The lowest BCUT2D eigenvalue weighted by Gasteiger charge is -2.01. The van der Waals surface area contributed by atoms with Crippen molar-refractivity contribution in [2.45, 2.75) is 6.92 Å². The third-order valence-corrected chi connectivity index (χ3v) is 3.84. The van der Waals surface area contributed by atoms with Gasteiger partial charge in [0.25, 0.3) is 11.6 Å². The number of nitro benzene ring substituents is 1. The zero-order chi connectivity index (χ0) is 16.4. The second kappa shape index (κ2) is 5.97. The fourth-order valence-electron chi connectivity index (χ4n) is 1.91. The number of carbonyl (C=O) groups excluding carboxylic acids is 1. The van der Waals surface area contributed by atoms with Gasteiger partial charge in [0.05, 0.1) is 16.3 Å². The molecule has 9 heteroatoms. The van der Waals surface area contributed by atoms with Crippen LogP contribution in [-0.4, -0.2) is 25.6 Å². The second-order valence-electron chi connectivity index (χ2n) is 4.67. The van der Waals surface area contributed by atoms with E-state index in [0.717, 1.165) is 5.69 Å². The van der Waals surface area contributed by atoms with Crippen LogP contribution in [0.15, 0.2) is 41.9 Å². The molecule has 0 unspecified atom stereocenters. The summed E-state index contributed by atoms with van der Waals surface area (Å²) in [6, 6.07) is 7.55. The predicted molar refractivity (Wildman–Crippen MR) is 85.0 cm³/mol. The van der Waals surface area contributed by atoms with Gasteiger partial charge in [0, 0.05) is 23.7 Å². The molecule has 0 aliphatic heterocycles. The van der Waals surface area contributed by atoms with E-state index in [-0.39, 0.29) is 17.3 Å². The molecule has 2 aromatic heterocycles. The fraction of sp³-hybridized carbons (Fsp3) is 0.0714. The largest absolute Gasteiger partial charge is 0.296 e. The van der Waals surface area contributed by atoms with E-state index in [4.69, 9.17) is 0 Å². The Morgan fingerprint density at radius 1 is 1.39 bits per heavy atom. The summed E-state index contributed by atoms with van der Waals surface area (Å²) in [5.41, 5.74) is 1.49. The van der Waals surface area contributed by atoms with Gasteiger partial charge in [-0.1, -0.05) is 6.07 Å². The Hall–Kier alpha value is -3.07. The number of non-ortho nitro benzene ring substituents is 1. The molecule has 0 fully saturated rings. The van der Waals surface area contributed by atoms with Gasteiger partial charge < -0.3 is 0 Å². The number of benzene rings is 1. The molecule has 0 bridgehead atoms. The van der Waals surface area contributed by atoms with Crippen molar-refractivity contribution in [1.82, 2.24) is 14.8 Å². The van der Waals surface area contributed by atoms with Crippen LogP contribution in [0, 0.1) is 17.0 Å². The summed E-state index contributed by atoms with van der Waals surface area (Å²) in [5.74, 6) is -0.386. The lowest BCUT2D eigenvalue weighted by Crippen LogP contribution is -2.13. The zero-order valence-electron chi connectivity index (χ0n) is 12.0. The van der Waals surface area contributed by atoms with Gasteiger partial charge in [0.2, 0.25) is 0 Å². The van der Waals surface area contributed by atoms with E-state index < -0.39 is 4.92 Å². The molecule has 0 aliphatic carbocycles. The van der Waals surface area contributed by atoms with Gasteiger partial charge in [0.15, 0.2) is 10.8 Å². The van der Waals surface area contributed by atoms with Crippen LogP contribution in [0.3, 0.4) is 0 Å². The molecular weight excluding hydrogens is 318 g/mol. The maximum atomic E-state index is 12.1. The Kier molecular flexibility index (Phi) is 3.85. The van der Waals surface area contributed by atoms with Crippen LogP contribution in [0.4, 0.5) is 10.8 Å². The first kappa shape index (κ1) is 14.9. The lowest BCUT2D eigenvalue weighted by atomic mass is 10.3. The smallest absolute Gasteiger partial charge is 0.277 e. The monoisotopic (exact) mass is 329 g/mol. The van der Waals surface area contributed by atoms with Crippen molar-refractivity contribution in [3.05, 3.63) is 63.4 Å². The number of amides is 1. The van der Waals surface area contributed by atoms with Gasteiger partial charge in [-0.3, -0.25) is 20.2 Å². The van der Waals surface area contributed by atoms with E-state index in [1.807, 2.05) is 12.3 Å². The van der Waals surface area contributed by atoms with Crippen molar-refractivity contribution in [3.8, 4) is 5.69 Å². The van der Waals surface area contributed by atoms with Gasteiger partial charge in [-0.15, -0.1) is 11.3 Å². The third kappa shape index (κ3) is 3.24. The Balaban J connectivity index is 1.81. The molecule has 0 saturated heterocycles. The summed E-state index contributed by atoms with van der Waals surface area (Å²) < 4.78 is 1.41. The average molecular weight is 329 g/mol. The molecule has 3 rings (SSSR count). The fourth-order valence-corrected chi connectivity index (χ4v) is 2.59. The number of nitro groups is 1. The molecule has 2 heterocycles. The van der Waals surface area contributed by atoms with E-state index in [2.05, 4.69) is 15.4 Å². The third-order valence-electron chi connectivity index (χ3n) is 2.97. The van der Waals surface area contributed by atoms with Crippen LogP contribution < -0.4 is 5.32 Å². The van der Waals surface area contributed by atoms with Gasteiger partial charge in [-0.05, 0) is 19.1 Å². The number of hydrogen-bond donors (Lipinski definition) is 1. The summed E-state index contributed by atoms with van der Waals surface area (Å²) in [5, 5.41) is 19.9. The molecule has 0 spiro atoms. The van der Waals surface area contributed by atoms with Crippen LogP contribution in [0.25, 0.3) is 5.69 Å². The van der Waals surface area contributed by atoms with E-state index >= 15 is 0 Å². The van der Waals surface area contributed by atoms with Crippen molar-refractivity contribution in [2.24, 2.45) is 0 Å². The zero-order valence-corrected chi connectivity index (χ0v) is 12.8. The first-order valence-corrected chi connectivity index (χ1v) is 7.45. The number of rotatable bonds is 4. The Bertz CT molecular complexity index is 886. The highest BCUT2D eigenvalue weighted by Crippen LogP contribution is 2.18. The number of carbonyl (C=O) groups is 1. The molecule has 1 N–H and O–H groups in total. The minimum Gasteiger partial charge on any atom is -0.296 e. The highest BCUT2D eigenvalue weighted by atomic mass is 32.1. The SMILES string of the molecule is Cc1csc(NC(=O)c2ccn(-c3cccc([N+](=O)[O-])c3)n2)n1. The van der Waals surface area contributed by atoms with Gasteiger partial charge in [-0.25, -0.2) is 9.67 Å². The maximum absolute atomic E-state index is 12.1. The number of thiazole rings is 1. The molecule has 1 amide bonds. The first-order chi connectivity index (χ1) is 11.0. The number of nitrogens with zero attached hydrogens (tertiary/aromatic N) is 4. The van der Waals surface area contributed by atoms with Crippen LogP contribution in [0.2, 0.25) is 0 Å². The molecule has 0 radical (unpaired) electrons. The van der Waals surface area contributed by atoms with Crippen LogP contribution in [0.1, 0.15) is 16.2 Å². The highest BCUT2D eigenvalue weighted by Gasteiger charge is 2.13. The predicted octanol–water partition coefficient (Wildman–Crippen LogP) is 2.80. The van der Waals surface area contributed by atoms with E-state index in [9.17, 15) is 14.9 Å². The summed E-state index contributed by atoms with van der Waals surface area (Å²) in [4.78, 5) is 26.6. The van der Waals surface area contributed by atoms with E-state index in [0.29, 0.717) is 10.8 Å². The second-order valence-corrected chi connectivity index (χ2v) is 5.53. The quantitative estimate of drug-likeness (QED) is 0.585. The Labute approximate surface area is 134 Å². The number of aromatic nitrogens is 3. The molecule has 3 aromatic rings. The van der Waals surface area contributed by atoms with E-state index in [1.165, 1.54) is 34.2 Å². The van der Waals surface area contributed by atoms with Gasteiger partial charge >= 0.3 is 0 Å². The molecule has 0 aliphatic rings. The molecule has 1 aromatic carbocycles. The van der Waals surface area contributed by atoms with Crippen molar-refractivity contribution < 1.29 is 9.72 Å². The minimum absolute atomic E-state index is 0.0396. The topological polar surface area (TPSA) is 103 Å². The van der Waals surface area contributed by atoms with Crippen molar-refractivity contribution >= 4 is 28.1 Å². The van der Waals surface area contributed by atoms with Gasteiger partial charge in [0.1, 0.15) is 0 Å². The summed E-state index contributed by atoms with van der Waals surface area (Å²) in [7, 11) is 0. The molecule has 116 valence electrons. The van der Waals surface area contributed by atoms with E-state index in [1.54, 1.807) is 18.3 Å². The molecule has 0 atom stereocenters. The number of anilines is 1. The summed E-state index contributed by atoms with van der Waals surface area (Å²) in [6.07, 6.45) is 1.57. The van der Waals surface area contributed by atoms with Crippen LogP contribution in [-0.2, 0) is 0 Å². The maximum Gasteiger partial charge on any atom is 0.277 e.